The Balaban J connectivity index is 0.00000364. The third-order valence-electron chi connectivity index (χ3n) is 4.50. The highest BCUT2D eigenvalue weighted by atomic mass is 127. The summed E-state index contributed by atoms with van der Waals surface area (Å²) in [6.45, 7) is 15.0. The lowest BCUT2D eigenvalue weighted by Crippen LogP contribution is -2.53. The zero-order chi connectivity index (χ0) is 18.8. The van der Waals surface area contributed by atoms with Gasteiger partial charge in [0.05, 0.1) is 13.2 Å². The van der Waals surface area contributed by atoms with E-state index in [1.54, 1.807) is 13.4 Å². The molecule has 0 bridgehead atoms. The molecular formula is C18H36IN7O. The number of hydrogen-bond donors (Lipinski definition) is 1. The monoisotopic (exact) mass is 493 g/mol. The summed E-state index contributed by atoms with van der Waals surface area (Å²) in [7, 11) is 1.71. The quantitative estimate of drug-likeness (QED) is 0.242. The molecule has 1 N–H and O–H groups in total. The van der Waals surface area contributed by atoms with Gasteiger partial charge in [-0.3, -0.25) is 9.89 Å². The summed E-state index contributed by atoms with van der Waals surface area (Å²) in [5, 5.41) is 11.7. The smallest absolute Gasteiger partial charge is 0.194 e. The van der Waals surface area contributed by atoms with Gasteiger partial charge in [-0.2, -0.15) is 0 Å². The van der Waals surface area contributed by atoms with Gasteiger partial charge in [-0.15, -0.1) is 34.2 Å². The van der Waals surface area contributed by atoms with E-state index in [2.05, 4.69) is 50.7 Å². The van der Waals surface area contributed by atoms with Gasteiger partial charge in [0.2, 0.25) is 0 Å². The summed E-state index contributed by atoms with van der Waals surface area (Å²) in [5.41, 5.74) is 0. The number of guanidine groups is 1. The van der Waals surface area contributed by atoms with Crippen molar-refractivity contribution in [1.82, 2.24) is 29.9 Å². The number of hydrogen-bond acceptors (Lipinski definition) is 5. The Labute approximate surface area is 180 Å². The topological polar surface area (TPSA) is 70.8 Å². The van der Waals surface area contributed by atoms with E-state index in [0.29, 0.717) is 19.1 Å². The number of nitrogens with one attached hydrogen (secondary N) is 1. The minimum atomic E-state index is 0. The molecule has 1 saturated heterocycles. The van der Waals surface area contributed by atoms with Crippen molar-refractivity contribution in [2.75, 3.05) is 59.5 Å². The van der Waals surface area contributed by atoms with E-state index in [1.165, 1.54) is 6.54 Å². The van der Waals surface area contributed by atoms with E-state index < -0.39 is 0 Å². The number of methoxy groups -OCH3 is 1. The first-order valence-electron chi connectivity index (χ1n) is 9.75. The number of halogens is 1. The molecule has 9 heteroatoms. The summed E-state index contributed by atoms with van der Waals surface area (Å²) in [4.78, 5) is 9.63. The lowest BCUT2D eigenvalue weighted by molar-refractivity contribution is 0.163. The highest BCUT2D eigenvalue weighted by molar-refractivity contribution is 14.0. The number of nitrogens with zero attached hydrogens (tertiary/aromatic N) is 6. The number of piperazine rings is 1. The first-order valence-corrected chi connectivity index (χ1v) is 9.75. The lowest BCUT2D eigenvalue weighted by atomic mass is 10.2. The summed E-state index contributed by atoms with van der Waals surface area (Å²) in [6, 6.07) is 0. The van der Waals surface area contributed by atoms with Crippen LogP contribution >= 0.6 is 24.0 Å². The van der Waals surface area contributed by atoms with E-state index >= 15 is 0 Å². The molecule has 2 heterocycles. The first kappa shape index (κ1) is 24.1. The highest BCUT2D eigenvalue weighted by Gasteiger charge is 2.20. The Kier molecular flexibility index (Phi) is 11.8. The number of aryl methyl sites for hydroxylation is 1. The molecule has 0 radical (unpaired) electrons. The van der Waals surface area contributed by atoms with Crippen LogP contribution in [-0.4, -0.2) is 90.1 Å². The van der Waals surface area contributed by atoms with E-state index in [9.17, 15) is 0 Å². The zero-order valence-corrected chi connectivity index (χ0v) is 19.6. The van der Waals surface area contributed by atoms with Crippen molar-refractivity contribution in [3.8, 4) is 0 Å². The lowest BCUT2D eigenvalue weighted by Gasteiger charge is -2.37. The van der Waals surface area contributed by atoms with Gasteiger partial charge in [0.15, 0.2) is 5.96 Å². The molecule has 0 aromatic carbocycles. The summed E-state index contributed by atoms with van der Waals surface area (Å²) in [6.07, 6.45) is 2.69. The highest BCUT2D eigenvalue weighted by Crippen LogP contribution is 2.06. The van der Waals surface area contributed by atoms with E-state index in [-0.39, 0.29) is 24.0 Å². The van der Waals surface area contributed by atoms with Gasteiger partial charge in [0.25, 0.3) is 0 Å². The van der Waals surface area contributed by atoms with Crippen LogP contribution in [0.5, 0.6) is 0 Å². The van der Waals surface area contributed by atoms with Gasteiger partial charge in [0.1, 0.15) is 12.2 Å². The third kappa shape index (κ3) is 8.30. The standard InChI is InChI=1S/C18H35N7O.HI/c1-5-17-22-21-15-25(17)8-6-19-18(20-7-13-26-4)24-11-9-23(10-12-24)14-16(2)3;/h15-16H,5-14H2,1-4H3,(H,19,20);1H. The summed E-state index contributed by atoms with van der Waals surface area (Å²) < 4.78 is 7.25. The fraction of sp³-hybridized carbons (Fsp3) is 0.833. The predicted molar refractivity (Wildman–Crippen MR) is 120 cm³/mol. The molecule has 27 heavy (non-hydrogen) atoms. The number of aliphatic imine (C=N–C) groups is 1. The Hall–Kier alpha value is -0.940. The maximum atomic E-state index is 5.15. The largest absolute Gasteiger partial charge is 0.383 e. The maximum Gasteiger partial charge on any atom is 0.194 e. The van der Waals surface area contributed by atoms with Gasteiger partial charge in [-0.25, -0.2) is 0 Å². The van der Waals surface area contributed by atoms with Gasteiger partial charge in [-0.05, 0) is 5.92 Å². The third-order valence-corrected chi connectivity index (χ3v) is 4.50. The van der Waals surface area contributed by atoms with Gasteiger partial charge in [0, 0.05) is 59.3 Å². The van der Waals surface area contributed by atoms with Gasteiger partial charge < -0.3 is 19.5 Å². The molecule has 0 amide bonds. The normalized spacial score (nSPS) is 15.9. The number of rotatable bonds is 9. The fourth-order valence-corrected chi connectivity index (χ4v) is 3.20. The Morgan fingerprint density at radius 1 is 1.30 bits per heavy atom. The van der Waals surface area contributed by atoms with E-state index in [4.69, 9.17) is 9.73 Å². The van der Waals surface area contributed by atoms with E-state index in [1.807, 2.05) is 0 Å². The Morgan fingerprint density at radius 3 is 2.67 bits per heavy atom. The summed E-state index contributed by atoms with van der Waals surface area (Å²) >= 11 is 0. The molecular weight excluding hydrogens is 457 g/mol. The molecule has 1 aromatic rings. The molecule has 1 fully saturated rings. The van der Waals surface area contributed by atoms with Crippen LogP contribution in [0.4, 0.5) is 0 Å². The van der Waals surface area contributed by atoms with Crippen molar-refractivity contribution < 1.29 is 4.74 Å². The average Bonchev–Trinajstić information content (AvgIpc) is 3.08. The molecule has 0 unspecified atom stereocenters. The van der Waals surface area contributed by atoms with Crippen molar-refractivity contribution in [2.24, 2.45) is 10.9 Å². The Morgan fingerprint density at radius 2 is 2.04 bits per heavy atom. The maximum absolute atomic E-state index is 5.15. The van der Waals surface area contributed by atoms with Crippen LogP contribution < -0.4 is 5.32 Å². The van der Waals surface area contributed by atoms with Crippen LogP contribution in [0, 0.1) is 5.92 Å². The molecule has 1 aliphatic rings. The Bertz CT molecular complexity index is 542. The van der Waals surface area contributed by atoms with Crippen molar-refractivity contribution >= 4 is 29.9 Å². The molecule has 0 spiro atoms. The second-order valence-corrected chi connectivity index (χ2v) is 7.10. The van der Waals surface area contributed by atoms with Crippen molar-refractivity contribution in [1.29, 1.82) is 0 Å². The fourth-order valence-electron chi connectivity index (χ4n) is 3.20. The summed E-state index contributed by atoms with van der Waals surface area (Å²) in [5.74, 6) is 2.72. The van der Waals surface area contributed by atoms with Gasteiger partial charge >= 0.3 is 0 Å². The molecule has 1 aromatic heterocycles. The van der Waals surface area contributed by atoms with Crippen LogP contribution in [0.3, 0.4) is 0 Å². The van der Waals surface area contributed by atoms with E-state index in [0.717, 1.165) is 57.5 Å². The van der Waals surface area contributed by atoms with Crippen molar-refractivity contribution in [3.05, 3.63) is 12.2 Å². The second kappa shape index (κ2) is 13.3. The number of aromatic nitrogens is 3. The zero-order valence-electron chi connectivity index (χ0n) is 17.2. The minimum absolute atomic E-state index is 0. The van der Waals surface area contributed by atoms with Crippen LogP contribution in [0.2, 0.25) is 0 Å². The molecule has 0 atom stereocenters. The first-order chi connectivity index (χ1) is 12.6. The van der Waals surface area contributed by atoms with Crippen LogP contribution in [0.1, 0.15) is 26.6 Å². The molecule has 0 saturated carbocycles. The molecule has 156 valence electrons. The molecule has 2 rings (SSSR count). The van der Waals surface area contributed by atoms with Gasteiger partial charge in [-0.1, -0.05) is 20.8 Å². The molecule has 1 aliphatic heterocycles. The van der Waals surface area contributed by atoms with Crippen molar-refractivity contribution in [2.45, 2.75) is 33.7 Å². The minimum Gasteiger partial charge on any atom is -0.383 e. The SMILES string of the molecule is CCc1nncn1CCNC(=NCCOC)N1CCN(CC(C)C)CC1.I. The molecule has 8 nitrogen and oxygen atoms in total. The van der Waals surface area contributed by atoms with Crippen molar-refractivity contribution in [3.63, 3.8) is 0 Å². The predicted octanol–water partition coefficient (Wildman–Crippen LogP) is 1.32. The van der Waals surface area contributed by atoms with Crippen LogP contribution in [0.15, 0.2) is 11.3 Å². The average molecular weight is 493 g/mol. The van der Waals surface area contributed by atoms with Crippen LogP contribution in [0.25, 0.3) is 0 Å². The second-order valence-electron chi connectivity index (χ2n) is 7.10. The molecule has 0 aliphatic carbocycles. The number of ether oxygens (including phenoxy) is 1. The van der Waals surface area contributed by atoms with Crippen LogP contribution in [-0.2, 0) is 17.7 Å².